The van der Waals surface area contributed by atoms with Crippen LogP contribution in [0.25, 0.3) is 0 Å². The van der Waals surface area contributed by atoms with Gasteiger partial charge in [0.2, 0.25) is 11.6 Å². The second-order valence-corrected chi connectivity index (χ2v) is 6.39. The molecular weight excluding hydrogens is 433 g/mol. The summed E-state index contributed by atoms with van der Waals surface area (Å²) in [6.45, 7) is 0.432. The highest BCUT2D eigenvalue weighted by molar-refractivity contribution is 14.1. The maximum Gasteiger partial charge on any atom is 0.353 e. The molecule has 0 bridgehead atoms. The zero-order valence-electron chi connectivity index (χ0n) is 13.0. The normalized spacial score (nSPS) is 10.3. The number of aromatic nitrogens is 2. The molecule has 2 aromatic carbocycles. The monoisotopic (exact) mass is 447 g/mol. The van der Waals surface area contributed by atoms with Gasteiger partial charge in [0, 0.05) is 15.8 Å². The van der Waals surface area contributed by atoms with E-state index in [1.807, 2.05) is 54.6 Å². The maximum absolute atomic E-state index is 11.5. The van der Waals surface area contributed by atoms with Crippen LogP contribution in [-0.2, 0) is 6.54 Å². The highest BCUT2D eigenvalue weighted by Crippen LogP contribution is 2.31. The zero-order valence-corrected chi connectivity index (χ0v) is 15.2. The lowest BCUT2D eigenvalue weighted by atomic mass is 10.2. The number of hydrogen-bond acceptors (Lipinski definition) is 6. The molecule has 1 heterocycles. The SMILES string of the molecule is O=[N+]([O-])c1c(NCc2ccccc2)ncnc1Nc1ccc(I)cc1. The standard InChI is InChI=1S/C17H14IN5O2/c18-13-6-8-14(9-7-13)22-17-15(23(24)25)16(20-11-21-17)19-10-12-4-2-1-3-5-12/h1-9,11H,10H2,(H2,19,20,21,22). The predicted molar refractivity (Wildman–Crippen MR) is 105 cm³/mol. The van der Waals surface area contributed by atoms with E-state index in [2.05, 4.69) is 43.2 Å². The van der Waals surface area contributed by atoms with Gasteiger partial charge in [0.05, 0.1) is 4.92 Å². The van der Waals surface area contributed by atoms with Gasteiger partial charge in [0.25, 0.3) is 0 Å². The van der Waals surface area contributed by atoms with Crippen LogP contribution in [0.4, 0.5) is 23.0 Å². The van der Waals surface area contributed by atoms with E-state index in [0.717, 1.165) is 14.8 Å². The van der Waals surface area contributed by atoms with Crippen LogP contribution in [0.2, 0.25) is 0 Å². The summed E-state index contributed by atoms with van der Waals surface area (Å²) in [5.41, 5.74) is 1.54. The van der Waals surface area contributed by atoms with Crippen molar-refractivity contribution in [2.24, 2.45) is 0 Å². The van der Waals surface area contributed by atoms with Crippen LogP contribution in [-0.4, -0.2) is 14.9 Å². The number of anilines is 3. The molecule has 1 aromatic heterocycles. The van der Waals surface area contributed by atoms with Crippen molar-refractivity contribution < 1.29 is 4.92 Å². The Labute approximate surface area is 157 Å². The van der Waals surface area contributed by atoms with Crippen LogP contribution in [0.3, 0.4) is 0 Å². The Morgan fingerprint density at radius 3 is 2.36 bits per heavy atom. The summed E-state index contributed by atoms with van der Waals surface area (Å²) in [5.74, 6) is 0.327. The van der Waals surface area contributed by atoms with Crippen LogP contribution in [0, 0.1) is 13.7 Å². The third-order valence-electron chi connectivity index (χ3n) is 3.41. The van der Waals surface area contributed by atoms with Crippen LogP contribution in [0.1, 0.15) is 5.56 Å². The van der Waals surface area contributed by atoms with Gasteiger partial charge in [-0.15, -0.1) is 0 Å². The number of rotatable bonds is 6. The fourth-order valence-electron chi connectivity index (χ4n) is 2.22. The number of nitrogens with one attached hydrogen (secondary N) is 2. The molecule has 0 amide bonds. The molecule has 0 saturated heterocycles. The molecule has 0 unspecified atom stereocenters. The fourth-order valence-corrected chi connectivity index (χ4v) is 2.58. The first-order valence-corrected chi connectivity index (χ1v) is 8.51. The Morgan fingerprint density at radius 2 is 1.68 bits per heavy atom. The van der Waals surface area contributed by atoms with Gasteiger partial charge < -0.3 is 10.6 Å². The third kappa shape index (κ3) is 4.41. The van der Waals surface area contributed by atoms with Crippen LogP contribution < -0.4 is 10.6 Å². The molecule has 0 saturated carbocycles. The van der Waals surface area contributed by atoms with Crippen molar-refractivity contribution in [2.45, 2.75) is 6.54 Å². The molecule has 8 heteroatoms. The van der Waals surface area contributed by atoms with Gasteiger partial charge >= 0.3 is 5.69 Å². The third-order valence-corrected chi connectivity index (χ3v) is 4.13. The summed E-state index contributed by atoms with van der Waals surface area (Å²) in [5, 5.41) is 17.5. The summed E-state index contributed by atoms with van der Waals surface area (Å²) in [6, 6.07) is 17.1. The smallest absolute Gasteiger partial charge is 0.353 e. The Bertz CT molecular complexity index is 872. The van der Waals surface area contributed by atoms with E-state index < -0.39 is 4.92 Å². The molecule has 0 aliphatic carbocycles. The molecule has 126 valence electrons. The lowest BCUT2D eigenvalue weighted by Crippen LogP contribution is -2.08. The van der Waals surface area contributed by atoms with E-state index in [1.165, 1.54) is 6.33 Å². The summed E-state index contributed by atoms with van der Waals surface area (Å²) < 4.78 is 1.07. The topological polar surface area (TPSA) is 93.0 Å². The van der Waals surface area contributed by atoms with Crippen molar-refractivity contribution in [3.05, 3.63) is 80.2 Å². The number of benzene rings is 2. The van der Waals surface area contributed by atoms with Gasteiger partial charge in [-0.05, 0) is 52.4 Å². The summed E-state index contributed by atoms with van der Waals surface area (Å²) in [6.07, 6.45) is 1.30. The quantitative estimate of drug-likeness (QED) is 0.332. The average Bonchev–Trinajstić information content (AvgIpc) is 2.62. The lowest BCUT2D eigenvalue weighted by Gasteiger charge is -2.10. The van der Waals surface area contributed by atoms with Crippen molar-refractivity contribution in [1.82, 2.24) is 9.97 Å². The summed E-state index contributed by atoms with van der Waals surface area (Å²) >= 11 is 2.19. The Balaban J connectivity index is 1.86. The van der Waals surface area contributed by atoms with Crippen molar-refractivity contribution >= 4 is 45.6 Å². The molecule has 0 aliphatic rings. The predicted octanol–water partition coefficient (Wildman–Crippen LogP) is 4.35. The van der Waals surface area contributed by atoms with Gasteiger partial charge in [-0.1, -0.05) is 30.3 Å². The second kappa shape index (κ2) is 7.88. The highest BCUT2D eigenvalue weighted by atomic mass is 127. The molecular formula is C17H14IN5O2. The van der Waals surface area contributed by atoms with E-state index in [-0.39, 0.29) is 17.3 Å². The van der Waals surface area contributed by atoms with E-state index in [1.54, 1.807) is 0 Å². The van der Waals surface area contributed by atoms with E-state index in [4.69, 9.17) is 0 Å². The van der Waals surface area contributed by atoms with Gasteiger partial charge in [0.15, 0.2) is 0 Å². The van der Waals surface area contributed by atoms with Crippen molar-refractivity contribution in [2.75, 3.05) is 10.6 Å². The maximum atomic E-state index is 11.5. The molecule has 0 aliphatic heterocycles. The van der Waals surface area contributed by atoms with Crippen molar-refractivity contribution in [3.8, 4) is 0 Å². The number of hydrogen-bond donors (Lipinski definition) is 2. The second-order valence-electron chi connectivity index (χ2n) is 5.15. The first kappa shape index (κ1) is 17.1. The number of halogens is 1. The van der Waals surface area contributed by atoms with Crippen molar-refractivity contribution in [3.63, 3.8) is 0 Å². The van der Waals surface area contributed by atoms with Gasteiger partial charge in [-0.2, -0.15) is 0 Å². The molecule has 3 rings (SSSR count). The lowest BCUT2D eigenvalue weighted by molar-refractivity contribution is -0.383. The van der Waals surface area contributed by atoms with E-state index in [9.17, 15) is 10.1 Å². The molecule has 0 fully saturated rings. The fraction of sp³-hybridized carbons (Fsp3) is 0.0588. The number of nitro groups is 1. The molecule has 0 radical (unpaired) electrons. The molecule has 2 N–H and O–H groups in total. The minimum Gasteiger partial charge on any atom is -0.360 e. The number of nitrogens with zero attached hydrogens (tertiary/aromatic N) is 3. The van der Waals surface area contributed by atoms with Crippen molar-refractivity contribution in [1.29, 1.82) is 0 Å². The Hall–Kier alpha value is -2.75. The highest BCUT2D eigenvalue weighted by Gasteiger charge is 2.23. The first-order valence-electron chi connectivity index (χ1n) is 7.43. The van der Waals surface area contributed by atoms with Gasteiger partial charge in [0.1, 0.15) is 6.33 Å². The van der Waals surface area contributed by atoms with E-state index in [0.29, 0.717) is 6.54 Å². The summed E-state index contributed by atoms with van der Waals surface area (Å²) in [4.78, 5) is 19.1. The molecule has 25 heavy (non-hydrogen) atoms. The first-order chi connectivity index (χ1) is 12.1. The minimum atomic E-state index is -0.484. The average molecular weight is 447 g/mol. The van der Waals surface area contributed by atoms with Gasteiger partial charge in [-0.3, -0.25) is 10.1 Å². The largest absolute Gasteiger partial charge is 0.360 e. The Kier molecular flexibility index (Phi) is 5.39. The van der Waals surface area contributed by atoms with E-state index >= 15 is 0 Å². The molecule has 0 spiro atoms. The molecule has 7 nitrogen and oxygen atoms in total. The zero-order chi connectivity index (χ0) is 17.6. The van der Waals surface area contributed by atoms with Crippen LogP contribution in [0.15, 0.2) is 60.9 Å². The summed E-state index contributed by atoms with van der Waals surface area (Å²) in [7, 11) is 0. The minimum absolute atomic E-state index is 0.150. The molecule has 3 aromatic rings. The van der Waals surface area contributed by atoms with Crippen LogP contribution >= 0.6 is 22.6 Å². The van der Waals surface area contributed by atoms with Crippen LogP contribution in [0.5, 0.6) is 0 Å². The Morgan fingerprint density at radius 1 is 1.00 bits per heavy atom. The molecule has 0 atom stereocenters. The van der Waals surface area contributed by atoms with Gasteiger partial charge in [-0.25, -0.2) is 9.97 Å².